The third-order valence-corrected chi connectivity index (χ3v) is 4.02. The zero-order valence-corrected chi connectivity index (χ0v) is 11.2. The molecule has 0 unspecified atom stereocenters. The smallest absolute Gasteiger partial charge is 0.0431 e. The summed E-state index contributed by atoms with van der Waals surface area (Å²) in [4.78, 5) is 1.38. The molecule has 0 atom stereocenters. The van der Waals surface area contributed by atoms with Gasteiger partial charge in [-0.05, 0) is 11.4 Å². The quantitative estimate of drug-likeness (QED) is 0.849. The van der Waals surface area contributed by atoms with Gasteiger partial charge in [0, 0.05) is 33.9 Å². The summed E-state index contributed by atoms with van der Waals surface area (Å²) < 4.78 is 0. The predicted octanol–water partition coefficient (Wildman–Crippen LogP) is 3.93. The average Bonchev–Trinajstić information content (AvgIpc) is 2.70. The fraction of sp³-hybridized carbons (Fsp3) is 0.455. The molecule has 0 aliphatic heterocycles. The molecule has 1 rings (SSSR count). The Morgan fingerprint density at radius 3 is 2.87 bits per heavy atom. The largest absolute Gasteiger partial charge is 0.311 e. The van der Waals surface area contributed by atoms with Crippen molar-refractivity contribution in [2.45, 2.75) is 19.3 Å². The molecule has 0 fully saturated rings. The summed E-state index contributed by atoms with van der Waals surface area (Å²) in [5.41, 5.74) is 1.53. The third kappa shape index (κ3) is 4.15. The van der Waals surface area contributed by atoms with Gasteiger partial charge in [-0.25, -0.2) is 0 Å². The first-order valence-electron chi connectivity index (χ1n) is 4.76. The molecular formula is C11H15Cl2NS. The highest BCUT2D eigenvalue weighted by molar-refractivity contribution is 7.10. The standard InChI is InChI=1S/C11H15Cl2NS/c1-11(2,10-4-3-5-15-10)8-14-7-9(13)6-12/h3-6,14H,7-8H2,1-2H3/b9-6-. The van der Waals surface area contributed by atoms with Gasteiger partial charge in [-0.1, -0.05) is 43.1 Å². The van der Waals surface area contributed by atoms with Gasteiger partial charge in [0.15, 0.2) is 0 Å². The lowest BCUT2D eigenvalue weighted by Crippen LogP contribution is -2.32. The molecule has 0 radical (unpaired) electrons. The number of hydrogen-bond donors (Lipinski definition) is 1. The highest BCUT2D eigenvalue weighted by atomic mass is 35.5. The van der Waals surface area contributed by atoms with Crippen LogP contribution in [0, 0.1) is 0 Å². The van der Waals surface area contributed by atoms with Gasteiger partial charge < -0.3 is 5.32 Å². The Hall–Kier alpha value is -0.0200. The number of hydrogen-bond acceptors (Lipinski definition) is 2. The van der Waals surface area contributed by atoms with E-state index in [1.165, 1.54) is 10.4 Å². The summed E-state index contributed by atoms with van der Waals surface area (Å²) in [5, 5.41) is 6.02. The van der Waals surface area contributed by atoms with Crippen molar-refractivity contribution < 1.29 is 0 Å². The Morgan fingerprint density at radius 1 is 1.60 bits per heavy atom. The molecule has 0 bridgehead atoms. The molecule has 0 saturated heterocycles. The lowest BCUT2D eigenvalue weighted by molar-refractivity contribution is 0.491. The van der Waals surface area contributed by atoms with E-state index in [9.17, 15) is 0 Å². The second kappa shape index (κ2) is 5.90. The van der Waals surface area contributed by atoms with E-state index in [-0.39, 0.29) is 5.41 Å². The predicted molar refractivity (Wildman–Crippen MR) is 70.0 cm³/mol. The molecule has 1 heterocycles. The van der Waals surface area contributed by atoms with Crippen LogP contribution in [0.25, 0.3) is 0 Å². The van der Waals surface area contributed by atoms with Crippen LogP contribution >= 0.6 is 34.5 Å². The maximum atomic E-state index is 5.79. The van der Waals surface area contributed by atoms with Crippen LogP contribution in [-0.4, -0.2) is 13.1 Å². The second-order valence-electron chi connectivity index (χ2n) is 4.02. The minimum Gasteiger partial charge on any atom is -0.311 e. The number of rotatable bonds is 5. The zero-order valence-electron chi connectivity index (χ0n) is 8.89. The Bertz CT molecular complexity index is 317. The second-order valence-corrected chi connectivity index (χ2v) is 5.67. The summed E-state index contributed by atoms with van der Waals surface area (Å²) in [7, 11) is 0. The van der Waals surface area contributed by atoms with Crippen molar-refractivity contribution in [3.63, 3.8) is 0 Å². The summed E-state index contributed by atoms with van der Waals surface area (Å²) in [6, 6.07) is 4.23. The van der Waals surface area contributed by atoms with Gasteiger partial charge in [-0.2, -0.15) is 0 Å². The van der Waals surface area contributed by atoms with E-state index < -0.39 is 0 Å². The molecule has 0 aliphatic carbocycles. The van der Waals surface area contributed by atoms with Crippen molar-refractivity contribution in [3.8, 4) is 0 Å². The lowest BCUT2D eigenvalue weighted by atomic mass is 9.91. The van der Waals surface area contributed by atoms with Crippen LogP contribution in [0.3, 0.4) is 0 Å². The molecule has 0 aromatic carbocycles. The van der Waals surface area contributed by atoms with E-state index in [4.69, 9.17) is 23.2 Å². The van der Waals surface area contributed by atoms with E-state index in [1.54, 1.807) is 11.3 Å². The van der Waals surface area contributed by atoms with E-state index in [1.807, 2.05) is 0 Å². The fourth-order valence-corrected chi connectivity index (χ4v) is 2.31. The molecule has 0 saturated carbocycles. The highest BCUT2D eigenvalue weighted by Crippen LogP contribution is 2.26. The van der Waals surface area contributed by atoms with Gasteiger partial charge in [0.2, 0.25) is 0 Å². The van der Waals surface area contributed by atoms with Crippen LogP contribution < -0.4 is 5.32 Å². The maximum Gasteiger partial charge on any atom is 0.0431 e. The monoisotopic (exact) mass is 263 g/mol. The van der Waals surface area contributed by atoms with E-state index in [0.717, 1.165) is 6.54 Å². The van der Waals surface area contributed by atoms with Crippen LogP contribution in [0.2, 0.25) is 0 Å². The molecule has 0 aliphatic rings. The van der Waals surface area contributed by atoms with Gasteiger partial charge in [0.25, 0.3) is 0 Å². The van der Waals surface area contributed by atoms with Crippen LogP contribution in [0.4, 0.5) is 0 Å². The topological polar surface area (TPSA) is 12.0 Å². The average molecular weight is 264 g/mol. The van der Waals surface area contributed by atoms with Crippen molar-refractivity contribution in [1.29, 1.82) is 0 Å². The van der Waals surface area contributed by atoms with Gasteiger partial charge in [0.05, 0.1) is 0 Å². The Morgan fingerprint density at radius 2 is 2.33 bits per heavy atom. The lowest BCUT2D eigenvalue weighted by Gasteiger charge is -2.23. The van der Waals surface area contributed by atoms with Gasteiger partial charge in [-0.3, -0.25) is 0 Å². The number of halogens is 2. The molecular weight excluding hydrogens is 249 g/mol. The summed E-state index contributed by atoms with van der Waals surface area (Å²) in [6.07, 6.45) is 0. The number of thiophene rings is 1. The first-order valence-corrected chi connectivity index (χ1v) is 6.45. The summed E-state index contributed by atoms with van der Waals surface area (Å²) >= 11 is 13.0. The highest BCUT2D eigenvalue weighted by Gasteiger charge is 2.20. The van der Waals surface area contributed by atoms with E-state index >= 15 is 0 Å². The molecule has 1 nitrogen and oxygen atoms in total. The van der Waals surface area contributed by atoms with Crippen LogP contribution in [0.1, 0.15) is 18.7 Å². The first kappa shape index (κ1) is 13.0. The molecule has 4 heteroatoms. The van der Waals surface area contributed by atoms with Crippen molar-refractivity contribution in [3.05, 3.63) is 33.0 Å². The summed E-state index contributed by atoms with van der Waals surface area (Å²) in [5.74, 6) is 0. The summed E-state index contributed by atoms with van der Waals surface area (Å²) in [6.45, 7) is 5.93. The molecule has 1 N–H and O–H groups in total. The van der Waals surface area contributed by atoms with Gasteiger partial charge >= 0.3 is 0 Å². The van der Waals surface area contributed by atoms with Crippen LogP contribution in [0.15, 0.2) is 28.1 Å². The molecule has 1 aromatic heterocycles. The first-order chi connectivity index (χ1) is 7.06. The van der Waals surface area contributed by atoms with E-state index in [2.05, 4.69) is 36.7 Å². The van der Waals surface area contributed by atoms with E-state index in [0.29, 0.717) is 11.6 Å². The van der Waals surface area contributed by atoms with Crippen molar-refractivity contribution in [1.82, 2.24) is 5.32 Å². The van der Waals surface area contributed by atoms with Crippen LogP contribution in [0.5, 0.6) is 0 Å². The van der Waals surface area contributed by atoms with Crippen molar-refractivity contribution in [2.24, 2.45) is 0 Å². The third-order valence-electron chi connectivity index (χ3n) is 2.17. The SMILES string of the molecule is CC(C)(CNC/C(Cl)=C/Cl)c1cccs1. The Kier molecular flexibility index (Phi) is 5.13. The molecule has 0 spiro atoms. The van der Waals surface area contributed by atoms with Gasteiger partial charge in [-0.15, -0.1) is 11.3 Å². The minimum atomic E-state index is 0.137. The molecule has 15 heavy (non-hydrogen) atoms. The molecule has 0 amide bonds. The van der Waals surface area contributed by atoms with Crippen LogP contribution in [-0.2, 0) is 5.41 Å². The van der Waals surface area contributed by atoms with Gasteiger partial charge in [0.1, 0.15) is 0 Å². The maximum absolute atomic E-state index is 5.79. The Balaban J connectivity index is 2.44. The molecule has 1 aromatic rings. The number of nitrogens with one attached hydrogen (secondary N) is 1. The normalized spacial score (nSPS) is 13.2. The molecule has 84 valence electrons. The minimum absolute atomic E-state index is 0.137. The fourth-order valence-electron chi connectivity index (χ4n) is 1.28. The van der Waals surface area contributed by atoms with Crippen molar-refractivity contribution >= 4 is 34.5 Å². The zero-order chi connectivity index (χ0) is 11.3. The van der Waals surface area contributed by atoms with Crippen molar-refractivity contribution in [2.75, 3.05) is 13.1 Å². The Labute approximate surface area is 105 Å².